The van der Waals surface area contributed by atoms with Gasteiger partial charge in [0.25, 0.3) is 7.82 Å². The molecule has 14 heteroatoms. The number of hydrogen-bond acceptors (Lipinski definition) is 12. The number of rotatable bonds is 37. The molecule has 1 aromatic heterocycles. The number of Topliss-reactive ketones (excluding diaryl/α,β-unsaturated/α-hetero) is 1. The van der Waals surface area contributed by atoms with Crippen molar-refractivity contribution in [3.05, 3.63) is 47.0 Å². The molecule has 0 saturated heterocycles. The number of aryl methyl sites for hydroxylation is 2. The highest BCUT2D eigenvalue weighted by atomic mass is 31.2. The van der Waals surface area contributed by atoms with Crippen molar-refractivity contribution in [2.24, 2.45) is 11.8 Å². The van der Waals surface area contributed by atoms with Crippen molar-refractivity contribution < 1.29 is 61.5 Å². The minimum absolute atomic E-state index is 0.0125. The molecule has 1 fully saturated rings. The van der Waals surface area contributed by atoms with Crippen LogP contribution in [0.1, 0.15) is 171 Å². The number of phosphoric acid groups is 1. The predicted molar refractivity (Wildman–Crippen MR) is 249 cm³/mol. The van der Waals surface area contributed by atoms with E-state index in [4.69, 9.17) is 22.9 Å². The Labute approximate surface area is 385 Å². The number of likely N-dealkylation sites (N-methyl/N-ethyl adjacent to an activating group) is 1. The van der Waals surface area contributed by atoms with E-state index in [9.17, 15) is 34.1 Å². The molecule has 2 N–H and O–H groups in total. The number of quaternary nitrogens is 1. The van der Waals surface area contributed by atoms with E-state index in [1.165, 1.54) is 36.8 Å². The summed E-state index contributed by atoms with van der Waals surface area (Å²) < 4.78 is 40.2. The van der Waals surface area contributed by atoms with Crippen LogP contribution < -0.4 is 4.89 Å². The van der Waals surface area contributed by atoms with Crippen molar-refractivity contribution in [2.75, 3.05) is 47.5 Å². The SMILES string of the molecule is CCCCCc1oc(CCCCCCCCCCC(=O)OC[C@H](COP(=O)([O-])OCC[N+](C)(C)C)OC(=O)CCC/C=C\C[C@H]2C(=O)C[C@@H](O)[C@@H]2/C=C/[C@@H](O)CCCCC)c(C)c1C. The molecule has 368 valence electrons. The molecule has 1 aliphatic rings. The summed E-state index contributed by atoms with van der Waals surface area (Å²) in [4.78, 5) is 50.6. The van der Waals surface area contributed by atoms with Crippen molar-refractivity contribution in [1.29, 1.82) is 0 Å². The van der Waals surface area contributed by atoms with E-state index in [-0.39, 0.29) is 50.1 Å². The summed E-state index contributed by atoms with van der Waals surface area (Å²) in [6.07, 6.45) is 23.9. The van der Waals surface area contributed by atoms with Crippen LogP contribution in [0.25, 0.3) is 0 Å². The van der Waals surface area contributed by atoms with E-state index in [2.05, 4.69) is 27.7 Å². The second-order valence-electron chi connectivity index (χ2n) is 18.8. The van der Waals surface area contributed by atoms with Crippen LogP contribution in [0.15, 0.2) is 28.7 Å². The third kappa shape index (κ3) is 25.3. The Kier molecular flexibility index (Phi) is 28.9. The molecule has 1 aliphatic carbocycles. The van der Waals surface area contributed by atoms with Crippen molar-refractivity contribution >= 4 is 25.5 Å². The van der Waals surface area contributed by atoms with Gasteiger partial charge in [0.1, 0.15) is 37.1 Å². The minimum Gasteiger partial charge on any atom is -0.756 e. The van der Waals surface area contributed by atoms with Crippen LogP contribution in [0.4, 0.5) is 0 Å². The number of unbranched alkanes of at least 4 members (excludes halogenated alkanes) is 12. The van der Waals surface area contributed by atoms with E-state index < -0.39 is 44.7 Å². The van der Waals surface area contributed by atoms with E-state index >= 15 is 0 Å². The second-order valence-corrected chi connectivity index (χ2v) is 20.2. The highest BCUT2D eigenvalue weighted by Crippen LogP contribution is 2.38. The minimum atomic E-state index is -4.72. The molecule has 0 radical (unpaired) electrons. The van der Waals surface area contributed by atoms with Gasteiger partial charge in [0, 0.05) is 43.9 Å². The van der Waals surface area contributed by atoms with E-state index in [0.29, 0.717) is 43.1 Å². The smallest absolute Gasteiger partial charge is 0.306 e. The molecule has 64 heavy (non-hydrogen) atoms. The molecule has 1 saturated carbocycles. The zero-order valence-electron chi connectivity index (χ0n) is 40.7. The third-order valence-electron chi connectivity index (χ3n) is 12.0. The van der Waals surface area contributed by atoms with Gasteiger partial charge in [-0.3, -0.25) is 18.9 Å². The zero-order chi connectivity index (χ0) is 47.4. The molecule has 0 bridgehead atoms. The number of esters is 2. The summed E-state index contributed by atoms with van der Waals surface area (Å²) in [5, 5.41) is 20.8. The van der Waals surface area contributed by atoms with Gasteiger partial charge in [0.05, 0.1) is 40.0 Å². The van der Waals surface area contributed by atoms with E-state index in [1.807, 2.05) is 33.3 Å². The summed E-state index contributed by atoms with van der Waals surface area (Å²) in [6.45, 7) is 8.09. The van der Waals surface area contributed by atoms with Crippen LogP contribution in [0, 0.1) is 25.7 Å². The van der Waals surface area contributed by atoms with Gasteiger partial charge in [-0.15, -0.1) is 0 Å². The van der Waals surface area contributed by atoms with Crippen LogP contribution in [0.2, 0.25) is 0 Å². The molecule has 0 amide bonds. The third-order valence-corrected chi connectivity index (χ3v) is 13.0. The van der Waals surface area contributed by atoms with Crippen LogP contribution in [0.5, 0.6) is 0 Å². The number of allylic oxidation sites excluding steroid dienone is 2. The molecular weight excluding hydrogens is 838 g/mol. The summed E-state index contributed by atoms with van der Waals surface area (Å²) in [5.41, 5.74) is 2.62. The molecule has 6 atom stereocenters. The normalized spacial score (nSPS) is 18.8. The van der Waals surface area contributed by atoms with Gasteiger partial charge in [0.15, 0.2) is 6.10 Å². The van der Waals surface area contributed by atoms with Crippen LogP contribution in [0.3, 0.4) is 0 Å². The lowest BCUT2D eigenvalue weighted by Crippen LogP contribution is -2.37. The van der Waals surface area contributed by atoms with E-state index in [0.717, 1.165) is 82.1 Å². The molecule has 1 heterocycles. The first kappa shape index (κ1) is 57.5. The Morgan fingerprint density at radius 3 is 2.06 bits per heavy atom. The highest BCUT2D eigenvalue weighted by molar-refractivity contribution is 7.45. The summed E-state index contributed by atoms with van der Waals surface area (Å²) in [7, 11) is 0.980. The first-order chi connectivity index (χ1) is 30.5. The van der Waals surface area contributed by atoms with Crippen LogP contribution in [-0.4, -0.2) is 98.2 Å². The molecule has 2 rings (SSSR count). The number of furan rings is 1. The van der Waals surface area contributed by atoms with Crippen molar-refractivity contribution in [3.63, 3.8) is 0 Å². The van der Waals surface area contributed by atoms with Gasteiger partial charge in [0.2, 0.25) is 0 Å². The summed E-state index contributed by atoms with van der Waals surface area (Å²) >= 11 is 0. The van der Waals surface area contributed by atoms with Crippen molar-refractivity contribution in [3.8, 4) is 0 Å². The first-order valence-corrected chi connectivity index (χ1v) is 26.0. The largest absolute Gasteiger partial charge is 0.756 e. The number of phosphoric ester groups is 1. The molecule has 0 aromatic carbocycles. The molecular formula is C50H86NO12P. The Morgan fingerprint density at radius 1 is 0.828 bits per heavy atom. The number of ketones is 1. The van der Waals surface area contributed by atoms with E-state index in [1.54, 1.807) is 12.2 Å². The lowest BCUT2D eigenvalue weighted by atomic mass is 9.90. The number of hydrogen-bond donors (Lipinski definition) is 2. The summed E-state index contributed by atoms with van der Waals surface area (Å²) in [5.74, 6) is 0.495. The van der Waals surface area contributed by atoms with Gasteiger partial charge < -0.3 is 42.5 Å². The molecule has 13 nitrogen and oxygen atoms in total. The average Bonchev–Trinajstić information content (AvgIpc) is 3.66. The molecule has 1 aromatic rings. The van der Waals surface area contributed by atoms with Gasteiger partial charge in [-0.2, -0.15) is 0 Å². The fraction of sp³-hybridized carbons (Fsp3) is 0.780. The Balaban J connectivity index is 1.75. The topological polar surface area (TPSA) is 182 Å². The Bertz CT molecular complexity index is 1580. The predicted octanol–water partition coefficient (Wildman–Crippen LogP) is 9.53. The highest BCUT2D eigenvalue weighted by Gasteiger charge is 2.39. The number of aliphatic hydroxyl groups is 2. The Hall–Kier alpha value is -2.64. The quantitative estimate of drug-likeness (QED) is 0.0212. The number of aliphatic hydroxyl groups excluding tert-OH is 2. The van der Waals surface area contributed by atoms with Gasteiger partial charge >= 0.3 is 11.9 Å². The zero-order valence-corrected chi connectivity index (χ0v) is 41.6. The van der Waals surface area contributed by atoms with Gasteiger partial charge in [-0.05, 0) is 69.9 Å². The fourth-order valence-electron chi connectivity index (χ4n) is 7.81. The number of nitrogens with zero attached hydrogens (tertiary/aromatic N) is 1. The number of carbonyl (C=O) groups is 3. The lowest BCUT2D eigenvalue weighted by Gasteiger charge is -2.28. The van der Waals surface area contributed by atoms with Crippen LogP contribution in [-0.2, 0) is 50.3 Å². The Morgan fingerprint density at radius 2 is 1.42 bits per heavy atom. The van der Waals surface area contributed by atoms with Crippen LogP contribution >= 0.6 is 7.82 Å². The van der Waals surface area contributed by atoms with Gasteiger partial charge in [-0.1, -0.05) is 109 Å². The lowest BCUT2D eigenvalue weighted by molar-refractivity contribution is -0.870. The average molecular weight is 924 g/mol. The molecule has 0 aliphatic heterocycles. The number of carbonyl (C=O) groups excluding carboxylic acids is 3. The monoisotopic (exact) mass is 924 g/mol. The van der Waals surface area contributed by atoms with Crippen molar-refractivity contribution in [2.45, 2.75) is 194 Å². The summed E-state index contributed by atoms with van der Waals surface area (Å²) in [6, 6.07) is 0. The first-order valence-electron chi connectivity index (χ1n) is 24.5. The standard InChI is InChI=1S/C50H86NO12P/c1-8-10-20-26-41(52)32-33-44-43(45(53)36-46(44)54)27-22-18-19-25-31-50(56)62-42(38-61-64(57,58)60-35-34-51(5,6)7)37-59-49(55)30-24-17-15-13-12-14-16-23-29-48-40(4)39(3)47(63-48)28-21-11-9-2/h18,22,32-33,41-44,46,52,54H,8-17,19-21,23-31,34-38H2,1-7H3/b22-18-,33-32+/t41-,42+,43+,44+,46+/m0/s1. The molecule has 1 unspecified atom stereocenters. The molecule has 0 spiro atoms. The maximum atomic E-state index is 12.8. The van der Waals surface area contributed by atoms with Crippen molar-refractivity contribution in [1.82, 2.24) is 0 Å². The number of ether oxygens (including phenoxy) is 2. The van der Waals surface area contributed by atoms with Gasteiger partial charge in [-0.25, -0.2) is 0 Å². The maximum Gasteiger partial charge on any atom is 0.306 e. The fourth-order valence-corrected chi connectivity index (χ4v) is 8.54. The second kappa shape index (κ2) is 32.1. The maximum absolute atomic E-state index is 12.8.